The number of halogens is 1. The first-order chi connectivity index (χ1) is 13.4. The normalized spacial score (nSPS) is 19.7. The van der Waals surface area contributed by atoms with Crippen LogP contribution in [0.2, 0.25) is 0 Å². The van der Waals surface area contributed by atoms with Gasteiger partial charge in [0.05, 0.1) is 30.5 Å². The van der Waals surface area contributed by atoms with E-state index in [1.165, 1.54) is 0 Å². The minimum Gasteiger partial charge on any atom is -0.465 e. The maximum Gasteiger partial charge on any atom is 0.407 e. The molecular weight excluding hydrogens is 365 g/mol. The number of piperidine rings is 1. The van der Waals surface area contributed by atoms with Crippen LogP contribution in [0.5, 0.6) is 0 Å². The Kier molecular flexibility index (Phi) is 4.54. The van der Waals surface area contributed by atoms with E-state index in [9.17, 15) is 4.79 Å². The summed E-state index contributed by atoms with van der Waals surface area (Å²) < 4.78 is 16.9. The molecule has 4 rings (SSSR count). The van der Waals surface area contributed by atoms with Crippen molar-refractivity contribution >= 4 is 22.9 Å². The number of aromatic nitrogens is 5. The molecule has 1 aliphatic heterocycles. The van der Waals surface area contributed by atoms with Crippen LogP contribution in [0, 0.1) is 0 Å². The van der Waals surface area contributed by atoms with Gasteiger partial charge in [-0.25, -0.2) is 19.2 Å². The Morgan fingerprint density at radius 3 is 2.96 bits per heavy atom. The fraction of sp³-hybridized carbons (Fsp3) is 0.389. The monoisotopic (exact) mass is 385 g/mol. The number of alkyl halides is 1. The molecule has 1 amide bonds. The Bertz CT molecular complexity index is 1020. The third kappa shape index (κ3) is 3.57. The zero-order valence-corrected chi connectivity index (χ0v) is 15.3. The summed E-state index contributed by atoms with van der Waals surface area (Å²) in [7, 11) is 1.81. The summed E-state index contributed by atoms with van der Waals surface area (Å²) in [6, 6.07) is 1.81. The van der Waals surface area contributed by atoms with Crippen LogP contribution in [0.3, 0.4) is 0 Å². The summed E-state index contributed by atoms with van der Waals surface area (Å²) in [5.41, 5.74) is 0.944. The van der Waals surface area contributed by atoms with Gasteiger partial charge in [-0.3, -0.25) is 9.67 Å². The molecule has 0 saturated carbocycles. The Hall–Kier alpha value is -3.30. The molecule has 0 bridgehead atoms. The maximum absolute atomic E-state index is 15.3. The molecule has 146 valence electrons. The molecule has 1 aliphatic rings. The van der Waals surface area contributed by atoms with Crippen molar-refractivity contribution < 1.29 is 14.3 Å². The molecule has 1 fully saturated rings. The number of hydrogen-bond donors (Lipinski definition) is 2. The van der Waals surface area contributed by atoms with E-state index < -0.39 is 11.8 Å². The van der Waals surface area contributed by atoms with E-state index in [4.69, 9.17) is 5.11 Å². The SMILES string of the molecule is Cn1cc(-c2cc3nccnc3c(NCC3(F)CCCN(C(=O)O)C3)n2)cn1. The van der Waals surface area contributed by atoms with E-state index in [-0.39, 0.29) is 19.5 Å². The van der Waals surface area contributed by atoms with Crippen molar-refractivity contribution in [1.82, 2.24) is 29.6 Å². The molecule has 1 saturated heterocycles. The number of carboxylic acid groups (broad SMARTS) is 1. The van der Waals surface area contributed by atoms with Gasteiger partial charge in [0.15, 0.2) is 5.82 Å². The number of nitrogens with one attached hydrogen (secondary N) is 1. The first kappa shape index (κ1) is 18.1. The fourth-order valence-electron chi connectivity index (χ4n) is 3.43. The Morgan fingerprint density at radius 2 is 2.21 bits per heavy atom. The molecule has 0 aromatic carbocycles. The quantitative estimate of drug-likeness (QED) is 0.709. The van der Waals surface area contributed by atoms with E-state index >= 15 is 4.39 Å². The standard InChI is InChI=1S/C18H20FN7O2/c1-25-9-12(8-23-25)13-7-14-15(21-5-4-20-14)16(24-13)22-10-18(19)3-2-6-26(11-18)17(27)28/h4-5,7-9H,2-3,6,10-11H2,1H3,(H,22,24)(H,27,28). The summed E-state index contributed by atoms with van der Waals surface area (Å²) in [6.07, 6.45) is 6.32. The molecule has 3 aromatic heterocycles. The summed E-state index contributed by atoms with van der Waals surface area (Å²) in [4.78, 5) is 25.5. The van der Waals surface area contributed by atoms with Crippen LogP contribution < -0.4 is 5.32 Å². The smallest absolute Gasteiger partial charge is 0.407 e. The summed E-state index contributed by atoms with van der Waals surface area (Å²) in [5, 5.41) is 16.4. The van der Waals surface area contributed by atoms with Crippen LogP contribution in [0.1, 0.15) is 12.8 Å². The van der Waals surface area contributed by atoms with Gasteiger partial charge in [-0.15, -0.1) is 0 Å². The highest BCUT2D eigenvalue weighted by Crippen LogP contribution is 2.29. The van der Waals surface area contributed by atoms with Crippen LogP contribution in [-0.2, 0) is 7.05 Å². The van der Waals surface area contributed by atoms with E-state index in [0.29, 0.717) is 35.5 Å². The summed E-state index contributed by atoms with van der Waals surface area (Å²) in [6.45, 7) is 0.122. The lowest BCUT2D eigenvalue weighted by atomic mass is 9.95. The Labute approximate surface area is 160 Å². The number of carbonyl (C=O) groups is 1. The first-order valence-corrected chi connectivity index (χ1v) is 8.95. The maximum atomic E-state index is 15.3. The highest BCUT2D eigenvalue weighted by atomic mass is 19.1. The number of amides is 1. The van der Waals surface area contributed by atoms with E-state index in [2.05, 4.69) is 25.4 Å². The van der Waals surface area contributed by atoms with Crippen molar-refractivity contribution in [2.24, 2.45) is 7.05 Å². The lowest BCUT2D eigenvalue weighted by Crippen LogP contribution is -2.50. The second kappa shape index (κ2) is 7.02. The molecule has 1 atom stereocenters. The van der Waals surface area contributed by atoms with Crippen LogP contribution >= 0.6 is 0 Å². The average Bonchev–Trinajstić information content (AvgIpc) is 3.12. The lowest BCUT2D eigenvalue weighted by Gasteiger charge is -2.36. The first-order valence-electron chi connectivity index (χ1n) is 8.95. The molecular formula is C18H20FN7O2. The number of fused-ring (bicyclic) bond motifs is 1. The van der Waals surface area contributed by atoms with E-state index in [0.717, 1.165) is 10.5 Å². The third-order valence-electron chi connectivity index (χ3n) is 4.83. The Balaban J connectivity index is 1.63. The number of anilines is 1. The van der Waals surface area contributed by atoms with Gasteiger partial charge in [-0.05, 0) is 18.9 Å². The molecule has 4 heterocycles. The number of nitrogens with zero attached hydrogens (tertiary/aromatic N) is 6. The van der Waals surface area contributed by atoms with Gasteiger partial charge in [-0.1, -0.05) is 0 Å². The van der Waals surface area contributed by atoms with Gasteiger partial charge in [0.2, 0.25) is 0 Å². The van der Waals surface area contributed by atoms with Crippen molar-refractivity contribution in [2.75, 3.05) is 25.0 Å². The number of aryl methyl sites for hydroxylation is 1. The van der Waals surface area contributed by atoms with Gasteiger partial charge < -0.3 is 15.3 Å². The second-order valence-corrected chi connectivity index (χ2v) is 6.99. The third-order valence-corrected chi connectivity index (χ3v) is 4.83. The number of likely N-dealkylation sites (tertiary alicyclic amines) is 1. The topological polar surface area (TPSA) is 109 Å². The van der Waals surface area contributed by atoms with Crippen LogP contribution in [0.25, 0.3) is 22.3 Å². The van der Waals surface area contributed by atoms with Crippen molar-refractivity contribution in [3.63, 3.8) is 0 Å². The van der Waals surface area contributed by atoms with Crippen molar-refractivity contribution in [3.8, 4) is 11.3 Å². The minimum absolute atomic E-state index is 0.0635. The number of rotatable bonds is 4. The molecule has 0 aliphatic carbocycles. The molecule has 28 heavy (non-hydrogen) atoms. The zero-order chi connectivity index (χ0) is 19.7. The largest absolute Gasteiger partial charge is 0.465 e. The van der Waals surface area contributed by atoms with E-state index in [1.54, 1.807) is 23.3 Å². The second-order valence-electron chi connectivity index (χ2n) is 6.99. The number of pyridine rings is 1. The summed E-state index contributed by atoms with van der Waals surface area (Å²) >= 11 is 0. The average molecular weight is 385 g/mol. The van der Waals surface area contributed by atoms with Crippen LogP contribution in [-0.4, -0.2) is 66.1 Å². The van der Waals surface area contributed by atoms with E-state index in [1.807, 2.05) is 19.3 Å². The van der Waals surface area contributed by atoms with Gasteiger partial charge in [0, 0.05) is 37.7 Å². The summed E-state index contributed by atoms with van der Waals surface area (Å²) in [5.74, 6) is 0.411. The van der Waals surface area contributed by atoms with Crippen molar-refractivity contribution in [3.05, 3.63) is 30.9 Å². The van der Waals surface area contributed by atoms with Gasteiger partial charge in [0.25, 0.3) is 0 Å². The minimum atomic E-state index is -1.67. The van der Waals surface area contributed by atoms with Gasteiger partial charge in [-0.2, -0.15) is 5.10 Å². The Morgan fingerprint density at radius 1 is 1.39 bits per heavy atom. The van der Waals surface area contributed by atoms with Gasteiger partial charge in [0.1, 0.15) is 11.2 Å². The molecule has 0 radical (unpaired) electrons. The predicted molar refractivity (Wildman–Crippen MR) is 101 cm³/mol. The van der Waals surface area contributed by atoms with Crippen LogP contribution in [0.15, 0.2) is 30.9 Å². The van der Waals surface area contributed by atoms with Crippen LogP contribution in [0.4, 0.5) is 15.0 Å². The molecule has 9 nitrogen and oxygen atoms in total. The highest BCUT2D eigenvalue weighted by Gasteiger charge is 2.37. The molecule has 2 N–H and O–H groups in total. The number of hydrogen-bond acceptors (Lipinski definition) is 6. The fourth-order valence-corrected chi connectivity index (χ4v) is 3.43. The lowest BCUT2D eigenvalue weighted by molar-refractivity contribution is 0.0537. The predicted octanol–water partition coefficient (Wildman–Crippen LogP) is 2.32. The van der Waals surface area contributed by atoms with Crippen molar-refractivity contribution in [1.29, 1.82) is 0 Å². The molecule has 10 heteroatoms. The van der Waals surface area contributed by atoms with Gasteiger partial charge >= 0.3 is 6.09 Å². The highest BCUT2D eigenvalue weighted by molar-refractivity contribution is 5.88. The molecule has 3 aromatic rings. The van der Waals surface area contributed by atoms with Crippen molar-refractivity contribution in [2.45, 2.75) is 18.5 Å². The zero-order valence-electron chi connectivity index (χ0n) is 15.3. The molecule has 0 spiro atoms. The molecule has 1 unspecified atom stereocenters.